The zero-order valence-corrected chi connectivity index (χ0v) is 18.4. The Morgan fingerprint density at radius 3 is 2.50 bits per heavy atom. The molecule has 0 aromatic heterocycles. The molecule has 5 heteroatoms. The third kappa shape index (κ3) is 5.20. The van der Waals surface area contributed by atoms with Crippen LogP contribution in [0.25, 0.3) is 10.8 Å². The highest BCUT2D eigenvalue weighted by Crippen LogP contribution is 2.38. The monoisotopic (exact) mass is 424 g/mol. The fourth-order valence-electron chi connectivity index (χ4n) is 5.05. The molecule has 0 amide bonds. The molecule has 1 saturated carbocycles. The van der Waals surface area contributed by atoms with Crippen LogP contribution < -0.4 is 5.32 Å². The van der Waals surface area contributed by atoms with E-state index in [1.165, 1.54) is 42.1 Å². The predicted molar refractivity (Wildman–Crippen MR) is 123 cm³/mol. The lowest BCUT2D eigenvalue weighted by Gasteiger charge is -2.37. The van der Waals surface area contributed by atoms with Crippen molar-refractivity contribution in [2.24, 2.45) is 5.92 Å². The smallest absolute Gasteiger partial charge is 0.0574 e. The Labute approximate surface area is 181 Å². The van der Waals surface area contributed by atoms with E-state index in [0.29, 0.717) is 17.9 Å². The Morgan fingerprint density at radius 2 is 1.79 bits per heavy atom. The molecule has 156 valence electrons. The zero-order valence-electron chi connectivity index (χ0n) is 16.7. The van der Waals surface area contributed by atoms with Gasteiger partial charge >= 0.3 is 0 Å². The molecule has 1 saturated heterocycles. The molecule has 2 aliphatic rings. The van der Waals surface area contributed by atoms with Crippen LogP contribution in [0, 0.1) is 5.92 Å². The third-order valence-electron chi connectivity index (χ3n) is 6.64. The first-order chi connectivity index (χ1) is 12.7. The number of likely N-dealkylation sites (tertiary alicyclic amines) is 1. The number of halogens is 2. The molecule has 0 radical (unpaired) electrons. The van der Waals surface area contributed by atoms with E-state index in [0.717, 1.165) is 25.9 Å². The van der Waals surface area contributed by atoms with Crippen molar-refractivity contribution in [3.8, 4) is 0 Å². The van der Waals surface area contributed by atoms with Gasteiger partial charge in [0, 0.05) is 25.0 Å². The highest BCUT2D eigenvalue weighted by molar-refractivity contribution is 5.85. The molecule has 2 N–H and O–H groups in total. The van der Waals surface area contributed by atoms with Crippen LogP contribution in [0.2, 0.25) is 0 Å². The van der Waals surface area contributed by atoms with E-state index in [4.69, 9.17) is 0 Å². The minimum absolute atomic E-state index is 0. The van der Waals surface area contributed by atoms with Gasteiger partial charge in [-0.25, -0.2) is 0 Å². The van der Waals surface area contributed by atoms with Gasteiger partial charge in [-0.2, -0.15) is 0 Å². The van der Waals surface area contributed by atoms with Crippen molar-refractivity contribution in [3.63, 3.8) is 0 Å². The zero-order chi connectivity index (χ0) is 17.9. The maximum absolute atomic E-state index is 10.8. The van der Waals surface area contributed by atoms with E-state index in [-0.39, 0.29) is 30.9 Å². The summed E-state index contributed by atoms with van der Waals surface area (Å²) in [5.74, 6) is 0.809. The van der Waals surface area contributed by atoms with Crippen molar-refractivity contribution >= 4 is 35.6 Å². The maximum atomic E-state index is 10.8. The summed E-state index contributed by atoms with van der Waals surface area (Å²) in [6.07, 6.45) is 5.63. The van der Waals surface area contributed by atoms with Crippen molar-refractivity contribution in [2.45, 2.75) is 50.2 Å². The van der Waals surface area contributed by atoms with E-state index < -0.39 is 0 Å². The van der Waals surface area contributed by atoms with Crippen LogP contribution in [0.5, 0.6) is 0 Å². The van der Waals surface area contributed by atoms with Gasteiger partial charge in [0.2, 0.25) is 0 Å². The van der Waals surface area contributed by atoms with Gasteiger partial charge in [-0.05, 0) is 55.1 Å². The first-order valence-corrected chi connectivity index (χ1v) is 10.3. The highest BCUT2D eigenvalue weighted by Gasteiger charge is 2.34. The lowest BCUT2D eigenvalue weighted by atomic mass is 9.74. The standard InChI is InChI=1S/C23H32N2O.2ClH/c1-24-20-12-13-25(15-20)16-22(21-8-4-5-9-23(21)26)19-11-10-17-6-2-3-7-18(17)14-19;;/h2-3,6-7,10-11,14,20-24,26H,4-5,8-9,12-13,15-16H2,1H3;2*1H/t20-,21?,22?,23?;;/m0../s1. The summed E-state index contributed by atoms with van der Waals surface area (Å²) in [6.45, 7) is 3.36. The van der Waals surface area contributed by atoms with Crippen LogP contribution in [0.4, 0.5) is 0 Å². The van der Waals surface area contributed by atoms with E-state index >= 15 is 0 Å². The molecule has 2 aromatic carbocycles. The van der Waals surface area contributed by atoms with Crippen LogP contribution in [0.15, 0.2) is 42.5 Å². The Kier molecular flexibility index (Phi) is 9.04. The highest BCUT2D eigenvalue weighted by atomic mass is 35.5. The number of aliphatic hydroxyl groups excluding tert-OH is 1. The van der Waals surface area contributed by atoms with Gasteiger partial charge in [0.05, 0.1) is 6.10 Å². The first kappa shape index (κ1) is 23.4. The summed E-state index contributed by atoms with van der Waals surface area (Å²) >= 11 is 0. The number of nitrogens with one attached hydrogen (secondary N) is 1. The summed E-state index contributed by atoms with van der Waals surface area (Å²) < 4.78 is 0. The maximum Gasteiger partial charge on any atom is 0.0574 e. The quantitative estimate of drug-likeness (QED) is 0.734. The summed E-state index contributed by atoms with van der Waals surface area (Å²) in [5.41, 5.74) is 1.41. The number of nitrogens with zero attached hydrogens (tertiary/aromatic N) is 1. The molecule has 4 rings (SSSR count). The van der Waals surface area contributed by atoms with Gasteiger partial charge in [-0.3, -0.25) is 0 Å². The van der Waals surface area contributed by atoms with Gasteiger partial charge in [0.1, 0.15) is 0 Å². The van der Waals surface area contributed by atoms with Crippen molar-refractivity contribution in [1.82, 2.24) is 10.2 Å². The van der Waals surface area contributed by atoms with Gasteiger partial charge < -0.3 is 15.3 Å². The van der Waals surface area contributed by atoms with E-state index in [1.807, 2.05) is 0 Å². The van der Waals surface area contributed by atoms with Crippen molar-refractivity contribution in [2.75, 3.05) is 26.7 Å². The largest absolute Gasteiger partial charge is 0.393 e. The Hall–Kier alpha value is -0.840. The number of likely N-dealkylation sites (N-methyl/N-ethyl adjacent to an activating group) is 1. The molecule has 3 unspecified atom stereocenters. The minimum Gasteiger partial charge on any atom is -0.393 e. The second kappa shape index (κ2) is 10.8. The lowest BCUT2D eigenvalue weighted by molar-refractivity contribution is 0.0476. The molecule has 1 aliphatic carbocycles. The average Bonchev–Trinajstić information content (AvgIpc) is 3.14. The molecule has 28 heavy (non-hydrogen) atoms. The number of benzene rings is 2. The lowest BCUT2D eigenvalue weighted by Crippen LogP contribution is -2.38. The fraction of sp³-hybridized carbons (Fsp3) is 0.565. The first-order valence-electron chi connectivity index (χ1n) is 10.3. The Bertz CT molecular complexity index is 741. The van der Waals surface area contributed by atoms with Gasteiger partial charge in [0.15, 0.2) is 0 Å². The molecule has 0 spiro atoms. The number of fused-ring (bicyclic) bond motifs is 1. The van der Waals surface area contributed by atoms with Crippen LogP contribution >= 0.6 is 24.8 Å². The van der Waals surface area contributed by atoms with Crippen LogP contribution in [-0.2, 0) is 0 Å². The molecular formula is C23H34Cl2N2O. The SMILES string of the molecule is CN[C@H]1CCN(CC(c2ccc3ccccc3c2)C2CCCCC2O)C1.Cl.Cl. The fourth-order valence-corrected chi connectivity index (χ4v) is 5.05. The number of rotatable bonds is 5. The van der Waals surface area contributed by atoms with Gasteiger partial charge in [0.25, 0.3) is 0 Å². The summed E-state index contributed by atoms with van der Waals surface area (Å²) in [4.78, 5) is 2.60. The van der Waals surface area contributed by atoms with Crippen LogP contribution in [0.1, 0.15) is 43.6 Å². The third-order valence-corrected chi connectivity index (χ3v) is 6.64. The molecule has 4 atom stereocenters. The van der Waals surface area contributed by atoms with E-state index in [1.54, 1.807) is 0 Å². The molecule has 1 heterocycles. The topological polar surface area (TPSA) is 35.5 Å². The molecular weight excluding hydrogens is 391 g/mol. The average molecular weight is 425 g/mol. The summed E-state index contributed by atoms with van der Waals surface area (Å²) in [7, 11) is 2.07. The predicted octanol–water partition coefficient (Wildman–Crippen LogP) is 4.61. The van der Waals surface area contributed by atoms with Gasteiger partial charge in [-0.1, -0.05) is 55.3 Å². The van der Waals surface area contributed by atoms with E-state index in [9.17, 15) is 5.11 Å². The second-order valence-electron chi connectivity index (χ2n) is 8.26. The van der Waals surface area contributed by atoms with Crippen molar-refractivity contribution in [3.05, 3.63) is 48.0 Å². The summed E-state index contributed by atoms with van der Waals surface area (Å²) in [5, 5.41) is 16.8. The number of aliphatic hydroxyl groups is 1. The Balaban J connectivity index is 0.00000140. The molecule has 3 nitrogen and oxygen atoms in total. The molecule has 1 aliphatic heterocycles. The van der Waals surface area contributed by atoms with Crippen molar-refractivity contribution in [1.29, 1.82) is 0 Å². The Morgan fingerprint density at radius 1 is 1.04 bits per heavy atom. The van der Waals surface area contributed by atoms with Crippen LogP contribution in [0.3, 0.4) is 0 Å². The molecule has 2 fully saturated rings. The molecule has 0 bridgehead atoms. The molecule has 2 aromatic rings. The normalized spacial score (nSPS) is 26.4. The number of hydrogen-bond donors (Lipinski definition) is 2. The van der Waals surface area contributed by atoms with E-state index in [2.05, 4.69) is 59.7 Å². The van der Waals surface area contributed by atoms with Crippen LogP contribution in [-0.4, -0.2) is 48.8 Å². The minimum atomic E-state index is -0.150. The second-order valence-corrected chi connectivity index (χ2v) is 8.26. The summed E-state index contributed by atoms with van der Waals surface area (Å²) in [6, 6.07) is 16.2. The van der Waals surface area contributed by atoms with Gasteiger partial charge in [-0.15, -0.1) is 24.8 Å². The number of hydrogen-bond acceptors (Lipinski definition) is 3. The van der Waals surface area contributed by atoms with Crippen molar-refractivity contribution < 1.29 is 5.11 Å².